The van der Waals surface area contributed by atoms with Crippen molar-refractivity contribution in [1.29, 1.82) is 0 Å². The van der Waals surface area contributed by atoms with Gasteiger partial charge in [-0.15, -0.1) is 11.8 Å². The predicted octanol–water partition coefficient (Wildman–Crippen LogP) is 7.64. The fraction of sp³-hybridized carbons (Fsp3) is 0.531. The maximum absolute atomic E-state index is 14.3. The van der Waals surface area contributed by atoms with Gasteiger partial charge in [-0.2, -0.15) is 11.8 Å². The molecule has 1 aromatic heterocycles. The summed E-state index contributed by atoms with van der Waals surface area (Å²) in [5.41, 5.74) is 2.28. The summed E-state index contributed by atoms with van der Waals surface area (Å²) < 4.78 is 22.3. The topological polar surface area (TPSA) is 124 Å². The lowest BCUT2D eigenvalue weighted by Gasteiger charge is -2.25. The highest BCUT2D eigenvalue weighted by Crippen LogP contribution is 2.34. The standard InChI is InChI=1S/C17H26ClNO3S.C15H15ClFN3O3S2/c1-4-14(19-22-8-6-7-18)17-15(20)10-13(11-16(17)21)9-12(3)23-5-2;1-23-13(21)8-24-12-7-11(10(17)6-9(12)16)18-14-19-4-2-3-5-20(19)15(22)25-14/h6-7,12-13,20H,4-5,8-11H2,1-3H3;6-7H,2-5,8H2,1H3/b7-6+,19-14+;. The van der Waals surface area contributed by atoms with Crippen LogP contribution in [0.1, 0.15) is 59.3 Å². The Morgan fingerprint density at radius 1 is 1.23 bits per heavy atom. The van der Waals surface area contributed by atoms with E-state index < -0.39 is 11.8 Å². The number of ether oxygens (including phenoxy) is 1. The molecule has 0 fully saturated rings. The first-order chi connectivity index (χ1) is 23.0. The number of esters is 1. The predicted molar refractivity (Wildman–Crippen MR) is 193 cm³/mol. The minimum Gasteiger partial charge on any atom is -0.511 e. The van der Waals surface area contributed by atoms with Gasteiger partial charge in [0.05, 0.1) is 29.2 Å². The fourth-order valence-electron chi connectivity index (χ4n) is 5.20. The van der Waals surface area contributed by atoms with Crippen molar-refractivity contribution in [2.24, 2.45) is 16.1 Å². The van der Waals surface area contributed by atoms with Gasteiger partial charge in [-0.3, -0.25) is 19.1 Å². The van der Waals surface area contributed by atoms with Crippen LogP contribution in [0.3, 0.4) is 0 Å². The number of methoxy groups -OCH3 is 1. The third kappa shape index (κ3) is 11.5. The number of allylic oxidation sites excluding steroid dienone is 2. The summed E-state index contributed by atoms with van der Waals surface area (Å²) in [6.45, 7) is 7.76. The van der Waals surface area contributed by atoms with Gasteiger partial charge in [0.1, 0.15) is 23.9 Å². The molecule has 4 rings (SSSR count). The number of rotatable bonds is 13. The molecule has 16 heteroatoms. The van der Waals surface area contributed by atoms with Crippen molar-refractivity contribution in [3.05, 3.63) is 60.4 Å². The molecule has 1 N–H and O–H groups in total. The monoisotopic (exact) mass is 762 g/mol. The number of ketones is 1. The highest BCUT2D eigenvalue weighted by molar-refractivity contribution is 8.00. The lowest BCUT2D eigenvalue weighted by Crippen LogP contribution is -2.31. The van der Waals surface area contributed by atoms with E-state index in [-0.39, 0.29) is 45.4 Å². The van der Waals surface area contributed by atoms with Crippen molar-refractivity contribution in [3.63, 3.8) is 0 Å². The van der Waals surface area contributed by atoms with Gasteiger partial charge in [-0.1, -0.05) is 49.1 Å². The smallest absolute Gasteiger partial charge is 0.325 e. The first kappa shape index (κ1) is 39.9. The van der Waals surface area contributed by atoms with Gasteiger partial charge in [0.15, 0.2) is 5.78 Å². The van der Waals surface area contributed by atoms with Crippen molar-refractivity contribution in [1.82, 2.24) is 9.36 Å². The zero-order valence-electron chi connectivity index (χ0n) is 27.4. The summed E-state index contributed by atoms with van der Waals surface area (Å²) >= 11 is 15.5. The van der Waals surface area contributed by atoms with Gasteiger partial charge >= 0.3 is 10.8 Å². The SMILES string of the molecule is CCSC(C)CC1CC(=O)C(/C(CC)=N/OC/C=C/Cl)=C(O)C1.COC(=O)CSc1cc(N=c2sc(=O)n3n2CCCC3)c(F)cc1Cl. The van der Waals surface area contributed by atoms with Crippen LogP contribution in [-0.4, -0.2) is 62.4 Å². The largest absolute Gasteiger partial charge is 0.511 e. The number of carbonyl (C=O) groups is 2. The molecular weight excluding hydrogens is 722 g/mol. The summed E-state index contributed by atoms with van der Waals surface area (Å²) in [5.74, 6) is 0.461. The quantitative estimate of drug-likeness (QED) is 0.0726. The summed E-state index contributed by atoms with van der Waals surface area (Å²) in [6.07, 6.45) is 5.98. The van der Waals surface area contributed by atoms with Crippen molar-refractivity contribution >= 4 is 81.2 Å². The summed E-state index contributed by atoms with van der Waals surface area (Å²) in [5, 5.41) is 15.0. The molecule has 0 spiro atoms. The van der Waals surface area contributed by atoms with Gasteiger partial charge < -0.3 is 14.7 Å². The zero-order chi connectivity index (χ0) is 35.2. The Labute approximate surface area is 302 Å². The van der Waals surface area contributed by atoms with E-state index in [1.165, 1.54) is 18.7 Å². The van der Waals surface area contributed by atoms with Crippen LogP contribution in [0, 0.1) is 11.7 Å². The molecule has 1 aromatic carbocycles. The number of aromatic nitrogens is 2. The Bertz CT molecular complexity index is 1650. The molecule has 0 saturated heterocycles. The average molecular weight is 764 g/mol. The first-order valence-corrected chi connectivity index (χ1v) is 19.2. The van der Waals surface area contributed by atoms with Gasteiger partial charge in [-0.05, 0) is 66.9 Å². The van der Waals surface area contributed by atoms with Crippen LogP contribution in [0.5, 0.6) is 0 Å². The summed E-state index contributed by atoms with van der Waals surface area (Å²) in [6, 6.07) is 2.64. The van der Waals surface area contributed by atoms with E-state index in [0.717, 1.165) is 54.2 Å². The number of thioether (sulfide) groups is 2. The molecule has 0 radical (unpaired) electrons. The molecule has 2 atom stereocenters. The molecule has 2 unspecified atom stereocenters. The molecule has 48 heavy (non-hydrogen) atoms. The molecule has 264 valence electrons. The Morgan fingerprint density at radius 3 is 2.60 bits per heavy atom. The normalized spacial score (nSPS) is 17.6. The molecule has 0 amide bonds. The molecule has 0 saturated carbocycles. The van der Waals surface area contributed by atoms with Crippen LogP contribution in [0.25, 0.3) is 0 Å². The van der Waals surface area contributed by atoms with Gasteiger partial charge in [0.2, 0.25) is 4.80 Å². The van der Waals surface area contributed by atoms with Crippen LogP contribution in [-0.2, 0) is 32.3 Å². The molecule has 2 aromatic rings. The summed E-state index contributed by atoms with van der Waals surface area (Å²) in [7, 11) is 1.30. The van der Waals surface area contributed by atoms with Gasteiger partial charge in [0, 0.05) is 41.6 Å². The van der Waals surface area contributed by atoms with Crippen LogP contribution in [0.15, 0.2) is 54.9 Å². The maximum Gasteiger partial charge on any atom is 0.325 e. The molecule has 2 aliphatic rings. The number of aliphatic hydroxyl groups excluding tert-OH is 1. The molecular formula is C32H41Cl2FN4O6S3. The average Bonchev–Trinajstić information content (AvgIpc) is 3.37. The minimum absolute atomic E-state index is 0.0375. The van der Waals surface area contributed by atoms with Crippen LogP contribution >= 0.6 is 58.1 Å². The van der Waals surface area contributed by atoms with Crippen molar-refractivity contribution in [2.45, 2.75) is 82.5 Å². The number of halogens is 3. The van der Waals surface area contributed by atoms with Crippen LogP contribution in [0.4, 0.5) is 10.1 Å². The van der Waals surface area contributed by atoms with E-state index in [0.29, 0.717) is 58.6 Å². The van der Waals surface area contributed by atoms with Crippen LogP contribution in [0.2, 0.25) is 5.02 Å². The first-order valence-electron chi connectivity index (χ1n) is 15.6. The minimum atomic E-state index is -0.580. The van der Waals surface area contributed by atoms with E-state index in [1.54, 1.807) is 15.4 Å². The summed E-state index contributed by atoms with van der Waals surface area (Å²) in [4.78, 5) is 46.1. The second kappa shape index (κ2) is 20.2. The van der Waals surface area contributed by atoms with Crippen molar-refractivity contribution < 1.29 is 28.7 Å². The van der Waals surface area contributed by atoms with E-state index >= 15 is 0 Å². The molecule has 1 aliphatic carbocycles. The van der Waals surface area contributed by atoms with E-state index in [4.69, 9.17) is 28.0 Å². The molecule has 0 bridgehead atoms. The number of Topliss-reactive ketones (excluding diaryl/α,β-unsaturated/α-hetero) is 1. The maximum atomic E-state index is 14.3. The number of aliphatic hydroxyl groups is 1. The lowest BCUT2D eigenvalue weighted by molar-refractivity contribution is -0.137. The third-order valence-electron chi connectivity index (χ3n) is 7.38. The van der Waals surface area contributed by atoms with E-state index in [1.807, 2.05) is 18.7 Å². The highest BCUT2D eigenvalue weighted by atomic mass is 35.5. The zero-order valence-corrected chi connectivity index (χ0v) is 31.3. The number of hydrogen-bond donors (Lipinski definition) is 1. The Morgan fingerprint density at radius 2 is 1.96 bits per heavy atom. The highest BCUT2D eigenvalue weighted by Gasteiger charge is 2.31. The number of fused-ring (bicyclic) bond motifs is 1. The number of nitrogens with zero attached hydrogens (tertiary/aromatic N) is 4. The number of oxime groups is 1. The van der Waals surface area contributed by atoms with Gasteiger partial charge in [-0.25, -0.2) is 14.1 Å². The number of benzene rings is 1. The fourth-order valence-corrected chi connectivity index (χ4v) is 8.24. The lowest BCUT2D eigenvalue weighted by atomic mass is 9.82. The van der Waals surface area contributed by atoms with Crippen LogP contribution < -0.4 is 9.67 Å². The molecule has 2 heterocycles. The van der Waals surface area contributed by atoms with Crippen molar-refractivity contribution in [2.75, 3.05) is 25.2 Å². The van der Waals surface area contributed by atoms with E-state index in [9.17, 15) is 23.9 Å². The number of carbonyl (C=O) groups excluding carboxylic acids is 2. The second-order valence-electron chi connectivity index (χ2n) is 10.9. The molecule has 1 aliphatic heterocycles. The van der Waals surface area contributed by atoms with E-state index in [2.05, 4.69) is 28.7 Å². The number of hydrogen-bond acceptors (Lipinski definition) is 11. The third-order valence-corrected chi connectivity index (χ3v) is 11.0. The Balaban J connectivity index is 0.000000262. The second-order valence-corrected chi connectivity index (χ2v) is 15.2. The van der Waals surface area contributed by atoms with Gasteiger partial charge in [0.25, 0.3) is 0 Å². The van der Waals surface area contributed by atoms with Crippen molar-refractivity contribution in [3.8, 4) is 0 Å². The Kier molecular flexibility index (Phi) is 16.8. The Hall–Kier alpha value is -2.52. The molecule has 10 nitrogen and oxygen atoms in total.